The Morgan fingerprint density at radius 3 is 2.18 bits per heavy atom. The molecule has 2 aromatic carbocycles. The van der Waals surface area contributed by atoms with Gasteiger partial charge in [-0.3, -0.25) is 9.59 Å². The SMILES string of the molecule is O=C(Nc1ccn(-c2ccccc2)n1)c1ccc(CNC(=O)C23CC4CC(CC(C4)C2)C3)cc1. The Labute approximate surface area is 199 Å². The van der Waals surface area contributed by atoms with Crippen LogP contribution in [0.15, 0.2) is 66.9 Å². The minimum absolute atomic E-state index is 0.127. The van der Waals surface area contributed by atoms with Gasteiger partial charge >= 0.3 is 0 Å². The first kappa shape index (κ1) is 21.1. The van der Waals surface area contributed by atoms with Crippen molar-refractivity contribution in [2.45, 2.75) is 45.1 Å². The number of hydrogen-bond donors (Lipinski definition) is 2. The molecule has 2 amide bonds. The van der Waals surface area contributed by atoms with Crippen LogP contribution in [0.25, 0.3) is 5.69 Å². The molecule has 4 fully saturated rings. The van der Waals surface area contributed by atoms with E-state index in [0.29, 0.717) is 17.9 Å². The molecule has 4 aliphatic carbocycles. The Bertz CT molecular complexity index is 1160. The maximum absolute atomic E-state index is 13.2. The van der Waals surface area contributed by atoms with E-state index in [-0.39, 0.29) is 17.2 Å². The highest BCUT2D eigenvalue weighted by molar-refractivity contribution is 6.03. The van der Waals surface area contributed by atoms with Crippen LogP contribution >= 0.6 is 0 Å². The maximum atomic E-state index is 13.2. The molecular weight excluding hydrogens is 424 g/mol. The van der Waals surface area contributed by atoms with Gasteiger partial charge in [-0.05, 0) is 86.1 Å². The molecule has 1 aromatic heterocycles. The first-order valence-corrected chi connectivity index (χ1v) is 12.4. The van der Waals surface area contributed by atoms with Crippen molar-refractivity contribution in [1.29, 1.82) is 0 Å². The number of hydrogen-bond acceptors (Lipinski definition) is 3. The minimum atomic E-state index is -0.206. The molecule has 6 heteroatoms. The van der Waals surface area contributed by atoms with Crippen LogP contribution in [-0.4, -0.2) is 21.6 Å². The molecule has 7 rings (SSSR count). The second kappa shape index (κ2) is 8.42. The largest absolute Gasteiger partial charge is 0.352 e. The number of aromatic nitrogens is 2. The Morgan fingerprint density at radius 2 is 1.53 bits per heavy atom. The van der Waals surface area contributed by atoms with Gasteiger partial charge in [0.05, 0.1) is 5.69 Å². The van der Waals surface area contributed by atoms with Crippen molar-refractivity contribution in [1.82, 2.24) is 15.1 Å². The van der Waals surface area contributed by atoms with Crippen molar-refractivity contribution < 1.29 is 9.59 Å². The molecule has 0 spiro atoms. The zero-order valence-electron chi connectivity index (χ0n) is 19.2. The van der Waals surface area contributed by atoms with Crippen molar-refractivity contribution in [3.05, 3.63) is 78.0 Å². The van der Waals surface area contributed by atoms with E-state index >= 15 is 0 Å². The van der Waals surface area contributed by atoms with Crippen LogP contribution in [0, 0.1) is 23.2 Å². The molecule has 174 valence electrons. The van der Waals surface area contributed by atoms with E-state index in [1.54, 1.807) is 22.9 Å². The molecule has 0 aliphatic heterocycles. The van der Waals surface area contributed by atoms with Gasteiger partial charge in [-0.15, -0.1) is 0 Å². The lowest BCUT2D eigenvalue weighted by molar-refractivity contribution is -0.146. The van der Waals surface area contributed by atoms with Gasteiger partial charge in [0.2, 0.25) is 5.91 Å². The summed E-state index contributed by atoms with van der Waals surface area (Å²) in [6, 6.07) is 19.0. The summed E-state index contributed by atoms with van der Waals surface area (Å²) < 4.78 is 1.73. The zero-order valence-corrected chi connectivity index (χ0v) is 19.2. The minimum Gasteiger partial charge on any atom is -0.352 e. The summed E-state index contributed by atoms with van der Waals surface area (Å²) in [5.74, 6) is 2.81. The predicted molar refractivity (Wildman–Crippen MR) is 130 cm³/mol. The third kappa shape index (κ3) is 4.02. The summed E-state index contributed by atoms with van der Waals surface area (Å²) in [6.45, 7) is 0.504. The average Bonchev–Trinajstić information content (AvgIpc) is 3.31. The van der Waals surface area contributed by atoms with E-state index in [4.69, 9.17) is 0 Å². The van der Waals surface area contributed by atoms with E-state index in [2.05, 4.69) is 15.7 Å². The summed E-state index contributed by atoms with van der Waals surface area (Å²) in [4.78, 5) is 25.8. The van der Waals surface area contributed by atoms with Gasteiger partial charge in [-0.1, -0.05) is 30.3 Å². The first-order valence-electron chi connectivity index (χ1n) is 12.4. The summed E-state index contributed by atoms with van der Waals surface area (Å²) in [7, 11) is 0. The predicted octanol–water partition coefficient (Wildman–Crippen LogP) is 4.96. The molecule has 0 unspecified atom stereocenters. The topological polar surface area (TPSA) is 76.0 Å². The molecule has 0 radical (unpaired) electrons. The van der Waals surface area contributed by atoms with E-state index < -0.39 is 0 Å². The van der Waals surface area contributed by atoms with Crippen molar-refractivity contribution in [3.63, 3.8) is 0 Å². The molecule has 4 aliphatic rings. The van der Waals surface area contributed by atoms with Crippen molar-refractivity contribution in [2.75, 3.05) is 5.32 Å². The number of nitrogens with one attached hydrogen (secondary N) is 2. The molecule has 3 aromatic rings. The number of carbonyl (C=O) groups excluding carboxylic acids is 2. The maximum Gasteiger partial charge on any atom is 0.256 e. The third-order valence-corrected chi connectivity index (χ3v) is 8.04. The van der Waals surface area contributed by atoms with Crippen molar-refractivity contribution in [2.24, 2.45) is 23.2 Å². The van der Waals surface area contributed by atoms with E-state index in [0.717, 1.165) is 48.3 Å². The highest BCUT2D eigenvalue weighted by Gasteiger charge is 2.54. The number of carbonyl (C=O) groups is 2. The van der Waals surface area contributed by atoms with Gasteiger partial charge in [0.25, 0.3) is 5.91 Å². The lowest BCUT2D eigenvalue weighted by Gasteiger charge is -2.55. The van der Waals surface area contributed by atoms with Crippen LogP contribution in [0.1, 0.15) is 54.4 Å². The lowest BCUT2D eigenvalue weighted by Crippen LogP contribution is -2.53. The first-order chi connectivity index (χ1) is 16.6. The number of para-hydroxylation sites is 1. The summed E-state index contributed by atoms with van der Waals surface area (Å²) in [5, 5.41) is 10.5. The fourth-order valence-corrected chi connectivity index (χ4v) is 6.84. The van der Waals surface area contributed by atoms with Crippen LogP contribution < -0.4 is 10.6 Å². The quantitative estimate of drug-likeness (QED) is 0.553. The van der Waals surface area contributed by atoms with Crippen LogP contribution in [-0.2, 0) is 11.3 Å². The highest BCUT2D eigenvalue weighted by Crippen LogP contribution is 2.60. The van der Waals surface area contributed by atoms with Gasteiger partial charge in [-0.2, -0.15) is 5.10 Å². The van der Waals surface area contributed by atoms with E-state index in [1.165, 1.54) is 19.3 Å². The normalized spacial score (nSPS) is 26.9. The molecule has 4 saturated carbocycles. The summed E-state index contributed by atoms with van der Waals surface area (Å²) in [6.07, 6.45) is 9.05. The number of anilines is 1. The number of benzene rings is 2. The van der Waals surface area contributed by atoms with Crippen LogP contribution in [0.2, 0.25) is 0 Å². The highest BCUT2D eigenvalue weighted by atomic mass is 16.2. The Morgan fingerprint density at radius 1 is 0.882 bits per heavy atom. The third-order valence-electron chi connectivity index (χ3n) is 8.04. The second-order valence-electron chi connectivity index (χ2n) is 10.5. The molecule has 6 nitrogen and oxygen atoms in total. The number of rotatable bonds is 6. The fraction of sp³-hybridized carbons (Fsp3) is 0.393. The van der Waals surface area contributed by atoms with Crippen LogP contribution in [0.3, 0.4) is 0 Å². The van der Waals surface area contributed by atoms with Gasteiger partial charge < -0.3 is 10.6 Å². The molecule has 2 N–H and O–H groups in total. The van der Waals surface area contributed by atoms with Crippen LogP contribution in [0.5, 0.6) is 0 Å². The van der Waals surface area contributed by atoms with Gasteiger partial charge in [0.1, 0.15) is 0 Å². The van der Waals surface area contributed by atoms with Crippen molar-refractivity contribution >= 4 is 17.6 Å². The standard InChI is InChI=1S/C28H30N4O2/c33-26(30-25-10-11-32(31-25)24-4-2-1-3-5-24)23-8-6-19(7-9-23)18-29-27(34)28-15-20-12-21(16-28)14-22(13-20)17-28/h1-11,20-22H,12-18H2,(H,29,34)(H,30,31,33). The second-order valence-corrected chi connectivity index (χ2v) is 10.5. The van der Waals surface area contributed by atoms with Crippen molar-refractivity contribution in [3.8, 4) is 5.69 Å². The molecule has 0 atom stereocenters. The molecule has 34 heavy (non-hydrogen) atoms. The molecular formula is C28H30N4O2. The molecule has 0 saturated heterocycles. The number of amides is 2. The smallest absolute Gasteiger partial charge is 0.256 e. The Hall–Kier alpha value is -3.41. The average molecular weight is 455 g/mol. The number of nitrogens with zero attached hydrogens (tertiary/aromatic N) is 2. The van der Waals surface area contributed by atoms with Crippen LogP contribution in [0.4, 0.5) is 5.82 Å². The zero-order chi connectivity index (χ0) is 23.1. The molecule has 1 heterocycles. The monoisotopic (exact) mass is 454 g/mol. The Kier molecular flexibility index (Phi) is 5.24. The van der Waals surface area contributed by atoms with Gasteiger partial charge in [-0.25, -0.2) is 4.68 Å². The molecule has 4 bridgehead atoms. The van der Waals surface area contributed by atoms with Gasteiger partial charge in [0.15, 0.2) is 5.82 Å². The van der Waals surface area contributed by atoms with Gasteiger partial charge in [0, 0.05) is 29.8 Å². The fourth-order valence-electron chi connectivity index (χ4n) is 6.84. The summed E-state index contributed by atoms with van der Waals surface area (Å²) >= 11 is 0. The Balaban J connectivity index is 1.05. The summed E-state index contributed by atoms with van der Waals surface area (Å²) in [5.41, 5.74) is 2.37. The van der Waals surface area contributed by atoms with E-state index in [1.807, 2.05) is 48.7 Å². The van der Waals surface area contributed by atoms with E-state index in [9.17, 15) is 9.59 Å². The lowest BCUT2D eigenvalue weighted by atomic mass is 9.49.